The van der Waals surface area contributed by atoms with Crippen LogP contribution in [0.15, 0.2) is 0 Å². The Kier molecular flexibility index (Phi) is 3.27. The second kappa shape index (κ2) is 4.52. The van der Waals surface area contributed by atoms with Gasteiger partial charge in [-0.3, -0.25) is 0 Å². The van der Waals surface area contributed by atoms with Crippen LogP contribution in [0, 0.1) is 5.41 Å². The molecule has 1 aliphatic heterocycles. The summed E-state index contributed by atoms with van der Waals surface area (Å²) in [6.45, 7) is 6.64. The van der Waals surface area contributed by atoms with E-state index in [9.17, 15) is 18.0 Å². The van der Waals surface area contributed by atoms with Gasteiger partial charge in [-0.15, -0.1) is 0 Å². The maximum absolute atomic E-state index is 12.9. The van der Waals surface area contributed by atoms with Gasteiger partial charge in [-0.2, -0.15) is 13.2 Å². The molecular formula is C15H23F3N2O2. The van der Waals surface area contributed by atoms with E-state index in [-0.39, 0.29) is 30.4 Å². The van der Waals surface area contributed by atoms with Crippen molar-refractivity contribution in [3.63, 3.8) is 0 Å². The first-order valence-corrected chi connectivity index (χ1v) is 7.76. The molecule has 3 fully saturated rings. The molecule has 0 aromatic carbocycles. The zero-order valence-corrected chi connectivity index (χ0v) is 13.2. The summed E-state index contributed by atoms with van der Waals surface area (Å²) in [5, 5.41) is 2.79. The molecule has 2 saturated carbocycles. The monoisotopic (exact) mass is 320 g/mol. The number of alkyl halides is 3. The van der Waals surface area contributed by atoms with Crippen LogP contribution in [0.5, 0.6) is 0 Å². The molecule has 4 nitrogen and oxygen atoms in total. The molecule has 126 valence electrons. The highest BCUT2D eigenvalue weighted by atomic mass is 19.4. The van der Waals surface area contributed by atoms with E-state index in [2.05, 4.69) is 5.32 Å². The fraction of sp³-hybridized carbons (Fsp3) is 0.933. The molecule has 0 bridgehead atoms. The Morgan fingerprint density at radius 2 is 1.73 bits per heavy atom. The summed E-state index contributed by atoms with van der Waals surface area (Å²) in [4.78, 5) is 13.5. The fourth-order valence-corrected chi connectivity index (χ4v) is 3.59. The van der Waals surface area contributed by atoms with Crippen molar-refractivity contribution in [3.05, 3.63) is 0 Å². The Hall–Kier alpha value is -0.980. The summed E-state index contributed by atoms with van der Waals surface area (Å²) >= 11 is 0. The predicted molar refractivity (Wildman–Crippen MR) is 74.4 cm³/mol. The fourth-order valence-electron chi connectivity index (χ4n) is 3.59. The van der Waals surface area contributed by atoms with Crippen LogP contribution < -0.4 is 5.32 Å². The number of carbonyl (C=O) groups excluding carboxylic acids is 1. The number of hydrogen-bond acceptors (Lipinski definition) is 3. The smallest absolute Gasteiger partial charge is 0.410 e. The summed E-state index contributed by atoms with van der Waals surface area (Å²) in [6.07, 6.45) is -2.69. The predicted octanol–water partition coefficient (Wildman–Crippen LogP) is 3.07. The lowest BCUT2D eigenvalue weighted by atomic mass is 9.60. The Morgan fingerprint density at radius 3 is 2.14 bits per heavy atom. The largest absolute Gasteiger partial charge is 0.444 e. The van der Waals surface area contributed by atoms with E-state index < -0.39 is 17.3 Å². The number of halogens is 3. The number of nitrogens with one attached hydrogen (secondary N) is 1. The van der Waals surface area contributed by atoms with Gasteiger partial charge < -0.3 is 15.0 Å². The first kappa shape index (κ1) is 15.9. The van der Waals surface area contributed by atoms with E-state index >= 15 is 0 Å². The summed E-state index contributed by atoms with van der Waals surface area (Å²) in [5.74, 6) is 0. The van der Waals surface area contributed by atoms with Crippen molar-refractivity contribution in [2.75, 3.05) is 13.1 Å². The first-order valence-electron chi connectivity index (χ1n) is 7.76. The molecule has 3 rings (SSSR count). The average molecular weight is 320 g/mol. The van der Waals surface area contributed by atoms with Gasteiger partial charge in [-0.25, -0.2) is 4.79 Å². The van der Waals surface area contributed by atoms with Crippen molar-refractivity contribution in [3.8, 4) is 0 Å². The highest BCUT2D eigenvalue weighted by Crippen LogP contribution is 2.54. The Morgan fingerprint density at radius 1 is 1.18 bits per heavy atom. The van der Waals surface area contributed by atoms with Gasteiger partial charge in [0, 0.05) is 24.5 Å². The number of rotatable bonds is 2. The molecule has 3 aliphatic rings. The molecule has 22 heavy (non-hydrogen) atoms. The van der Waals surface area contributed by atoms with E-state index in [0.717, 1.165) is 0 Å². The van der Waals surface area contributed by atoms with Crippen molar-refractivity contribution in [2.45, 2.75) is 69.8 Å². The second-order valence-electron chi connectivity index (χ2n) is 8.17. The Labute approximate surface area is 128 Å². The number of ether oxygens (including phenoxy) is 1. The Bertz CT molecular complexity index is 466. The van der Waals surface area contributed by atoms with Crippen LogP contribution in [0.25, 0.3) is 0 Å². The SMILES string of the molecule is CC(C)(C)OC(=O)N1CC2(CC(NC3(C(F)(F)F)CC3)C2)C1. The van der Waals surface area contributed by atoms with Crippen LogP contribution in [0.4, 0.5) is 18.0 Å². The van der Waals surface area contributed by atoms with Crippen molar-refractivity contribution < 1.29 is 22.7 Å². The first-order chi connectivity index (χ1) is 9.94. The van der Waals surface area contributed by atoms with Gasteiger partial charge in [0.05, 0.1) is 0 Å². The molecule has 1 spiro atoms. The summed E-state index contributed by atoms with van der Waals surface area (Å²) in [6, 6.07) is -0.0788. The highest BCUT2D eigenvalue weighted by Gasteiger charge is 2.66. The minimum Gasteiger partial charge on any atom is -0.444 e. The van der Waals surface area contributed by atoms with E-state index in [1.165, 1.54) is 0 Å². The van der Waals surface area contributed by atoms with Crippen molar-refractivity contribution >= 4 is 6.09 Å². The molecule has 0 atom stereocenters. The van der Waals surface area contributed by atoms with Gasteiger partial charge in [-0.1, -0.05) is 0 Å². The molecule has 1 heterocycles. The molecule has 0 radical (unpaired) electrons. The lowest BCUT2D eigenvalue weighted by Crippen LogP contribution is -2.69. The minimum atomic E-state index is -4.15. The number of carbonyl (C=O) groups is 1. The van der Waals surface area contributed by atoms with Gasteiger partial charge in [-0.05, 0) is 46.5 Å². The van der Waals surface area contributed by atoms with E-state index in [4.69, 9.17) is 4.74 Å². The van der Waals surface area contributed by atoms with Crippen LogP contribution >= 0.6 is 0 Å². The minimum absolute atomic E-state index is 0.0102. The van der Waals surface area contributed by atoms with Gasteiger partial charge in [0.2, 0.25) is 0 Å². The molecule has 0 aromatic heterocycles. The molecule has 7 heteroatoms. The molecule has 1 saturated heterocycles. The van der Waals surface area contributed by atoms with E-state index in [0.29, 0.717) is 25.9 Å². The van der Waals surface area contributed by atoms with Crippen molar-refractivity contribution in [1.82, 2.24) is 10.2 Å². The lowest BCUT2D eigenvalue weighted by molar-refractivity contribution is -0.175. The number of amides is 1. The van der Waals surface area contributed by atoms with Gasteiger partial charge in [0.25, 0.3) is 0 Å². The zero-order chi connectivity index (χ0) is 16.4. The maximum Gasteiger partial charge on any atom is 0.410 e. The van der Waals surface area contributed by atoms with Crippen molar-refractivity contribution in [2.24, 2.45) is 5.41 Å². The van der Waals surface area contributed by atoms with Crippen LogP contribution in [0.3, 0.4) is 0 Å². The van der Waals surface area contributed by atoms with E-state index in [1.807, 2.05) is 20.8 Å². The van der Waals surface area contributed by atoms with Crippen molar-refractivity contribution in [1.29, 1.82) is 0 Å². The van der Waals surface area contributed by atoms with E-state index in [1.54, 1.807) is 4.90 Å². The van der Waals surface area contributed by atoms with Crippen LogP contribution in [0.2, 0.25) is 0 Å². The maximum atomic E-state index is 12.9. The molecular weight excluding hydrogens is 297 g/mol. The molecule has 0 unspecified atom stereocenters. The number of nitrogens with zero attached hydrogens (tertiary/aromatic N) is 1. The average Bonchev–Trinajstić information content (AvgIpc) is 2.96. The molecule has 2 aliphatic carbocycles. The van der Waals surface area contributed by atoms with Crippen LogP contribution in [0.1, 0.15) is 46.5 Å². The number of hydrogen-bond donors (Lipinski definition) is 1. The Balaban J connectivity index is 1.43. The molecule has 1 N–H and O–H groups in total. The lowest BCUT2D eigenvalue weighted by Gasteiger charge is -2.59. The van der Waals surface area contributed by atoms with Crippen LogP contribution in [-0.4, -0.2) is 47.4 Å². The third-order valence-electron chi connectivity index (χ3n) is 4.84. The standard InChI is InChI=1S/C15H23F3N2O2/c1-12(2,3)22-11(21)20-8-13(9-20)6-10(7-13)19-14(4-5-14)15(16,17)18/h10,19H,4-9H2,1-3H3. The highest BCUT2D eigenvalue weighted by molar-refractivity contribution is 5.69. The second-order valence-corrected chi connectivity index (χ2v) is 8.17. The summed E-state index contributed by atoms with van der Waals surface area (Å²) in [7, 11) is 0. The summed E-state index contributed by atoms with van der Waals surface area (Å²) < 4.78 is 44.0. The molecule has 1 amide bonds. The topological polar surface area (TPSA) is 41.6 Å². The third kappa shape index (κ3) is 2.79. The zero-order valence-electron chi connectivity index (χ0n) is 13.2. The third-order valence-corrected chi connectivity index (χ3v) is 4.84. The summed E-state index contributed by atoms with van der Waals surface area (Å²) in [5.41, 5.74) is -2.14. The normalized spacial score (nSPS) is 26.4. The van der Waals surface area contributed by atoms with Gasteiger partial charge in [0.15, 0.2) is 0 Å². The van der Waals surface area contributed by atoms with Crippen LogP contribution in [-0.2, 0) is 4.74 Å². The number of likely N-dealkylation sites (tertiary alicyclic amines) is 1. The van der Waals surface area contributed by atoms with Gasteiger partial charge in [0.1, 0.15) is 11.1 Å². The quantitative estimate of drug-likeness (QED) is 0.850. The molecule has 0 aromatic rings. The van der Waals surface area contributed by atoms with Gasteiger partial charge >= 0.3 is 12.3 Å².